The highest BCUT2D eigenvalue weighted by Crippen LogP contribution is 2.32. The quantitative estimate of drug-likeness (QED) is 0.681. The molecule has 0 aliphatic rings. The van der Waals surface area contributed by atoms with Crippen LogP contribution >= 0.6 is 11.6 Å². The molecule has 0 aliphatic carbocycles. The number of rotatable bonds is 4. The summed E-state index contributed by atoms with van der Waals surface area (Å²) >= 11 is 5.96. The van der Waals surface area contributed by atoms with Crippen LogP contribution in [0.5, 0.6) is 11.5 Å². The van der Waals surface area contributed by atoms with Gasteiger partial charge >= 0.3 is 0 Å². The Morgan fingerprint density at radius 3 is 2.40 bits per heavy atom. The van der Waals surface area contributed by atoms with Gasteiger partial charge in [-0.3, -0.25) is 10.1 Å². The lowest BCUT2D eigenvalue weighted by molar-refractivity contribution is -0.384. The van der Waals surface area contributed by atoms with Crippen molar-refractivity contribution in [1.82, 2.24) is 0 Å². The van der Waals surface area contributed by atoms with Crippen LogP contribution in [0.1, 0.15) is 18.5 Å². The molecular weight excluding hydrogens is 280 g/mol. The Labute approximate surface area is 121 Å². The molecule has 0 aromatic heterocycles. The van der Waals surface area contributed by atoms with Gasteiger partial charge in [-0.15, -0.1) is 0 Å². The lowest BCUT2D eigenvalue weighted by Crippen LogP contribution is -2.04. The number of nitro benzene ring substituents is 1. The third kappa shape index (κ3) is 3.26. The Balaban J connectivity index is 2.19. The number of non-ortho nitro benzene ring substituents is 1. The van der Waals surface area contributed by atoms with E-state index in [2.05, 4.69) is 0 Å². The Kier molecular flexibility index (Phi) is 4.22. The second-order valence-corrected chi connectivity index (χ2v) is 4.74. The molecule has 0 heterocycles. The predicted octanol–water partition coefficient (Wildman–Crippen LogP) is 4.06. The summed E-state index contributed by atoms with van der Waals surface area (Å²) < 4.78 is 5.58. The van der Waals surface area contributed by atoms with E-state index in [1.165, 1.54) is 18.2 Å². The third-order valence-electron chi connectivity index (χ3n) is 2.76. The minimum Gasteiger partial charge on any atom is -0.456 e. The highest BCUT2D eigenvalue weighted by Gasteiger charge is 2.11. The Bertz CT molecular complexity index is 627. The Morgan fingerprint density at radius 1 is 1.25 bits per heavy atom. The normalized spacial score (nSPS) is 11.9. The van der Waals surface area contributed by atoms with Crippen LogP contribution in [0.3, 0.4) is 0 Å². The van der Waals surface area contributed by atoms with Crippen LogP contribution in [0.4, 0.5) is 5.69 Å². The predicted molar refractivity (Wildman–Crippen MR) is 77.2 cm³/mol. The summed E-state index contributed by atoms with van der Waals surface area (Å²) in [6.07, 6.45) is 0. The van der Waals surface area contributed by atoms with Gasteiger partial charge in [0.15, 0.2) is 0 Å². The van der Waals surface area contributed by atoms with Crippen molar-refractivity contribution in [3.05, 3.63) is 63.2 Å². The molecule has 2 N–H and O–H groups in total. The summed E-state index contributed by atoms with van der Waals surface area (Å²) in [5.74, 6) is 0.955. The molecule has 0 radical (unpaired) electrons. The van der Waals surface area contributed by atoms with E-state index >= 15 is 0 Å². The molecule has 2 aromatic rings. The van der Waals surface area contributed by atoms with Crippen molar-refractivity contribution in [2.45, 2.75) is 13.0 Å². The van der Waals surface area contributed by atoms with E-state index in [0.29, 0.717) is 11.5 Å². The van der Waals surface area contributed by atoms with Gasteiger partial charge in [0.25, 0.3) is 5.69 Å². The summed E-state index contributed by atoms with van der Waals surface area (Å²) in [6.45, 7) is 1.89. The number of halogens is 1. The van der Waals surface area contributed by atoms with E-state index in [1.807, 2.05) is 19.1 Å². The molecular formula is C14H13ClN2O3. The fraction of sp³-hybridized carbons (Fsp3) is 0.143. The van der Waals surface area contributed by atoms with Crippen LogP contribution in [0.15, 0.2) is 42.5 Å². The maximum atomic E-state index is 10.6. The van der Waals surface area contributed by atoms with Crippen molar-refractivity contribution < 1.29 is 9.66 Å². The third-order valence-corrected chi connectivity index (χ3v) is 3.06. The van der Waals surface area contributed by atoms with Crippen LogP contribution in [0.25, 0.3) is 0 Å². The maximum absolute atomic E-state index is 10.6. The highest BCUT2D eigenvalue weighted by molar-refractivity contribution is 6.32. The Morgan fingerprint density at radius 2 is 1.90 bits per heavy atom. The molecule has 0 bridgehead atoms. The molecule has 0 spiro atoms. The summed E-state index contributed by atoms with van der Waals surface area (Å²) in [4.78, 5) is 10.1. The molecule has 0 aliphatic heterocycles. The fourth-order valence-corrected chi connectivity index (χ4v) is 1.87. The molecule has 0 saturated carbocycles. The van der Waals surface area contributed by atoms with E-state index in [1.54, 1.807) is 12.1 Å². The van der Waals surface area contributed by atoms with Crippen molar-refractivity contribution in [3.8, 4) is 11.5 Å². The zero-order valence-electron chi connectivity index (χ0n) is 10.7. The number of ether oxygens (including phenoxy) is 1. The van der Waals surface area contributed by atoms with Crippen molar-refractivity contribution in [1.29, 1.82) is 0 Å². The topological polar surface area (TPSA) is 78.4 Å². The van der Waals surface area contributed by atoms with Gasteiger partial charge in [-0.1, -0.05) is 23.7 Å². The SMILES string of the molecule is CC(N)c1ccc(Oc2ccc([N+](=O)[O-])cc2Cl)cc1. The molecule has 0 saturated heterocycles. The summed E-state index contributed by atoms with van der Waals surface area (Å²) in [5, 5.41) is 10.8. The van der Waals surface area contributed by atoms with Crippen molar-refractivity contribution in [3.63, 3.8) is 0 Å². The molecule has 104 valence electrons. The van der Waals surface area contributed by atoms with Crippen LogP contribution < -0.4 is 10.5 Å². The molecule has 1 atom stereocenters. The van der Waals surface area contributed by atoms with Crippen LogP contribution in [0.2, 0.25) is 5.02 Å². The molecule has 0 amide bonds. The maximum Gasteiger partial charge on any atom is 0.271 e. The van der Waals surface area contributed by atoms with E-state index < -0.39 is 4.92 Å². The van der Waals surface area contributed by atoms with Gasteiger partial charge in [0.2, 0.25) is 0 Å². The van der Waals surface area contributed by atoms with Gasteiger partial charge in [-0.25, -0.2) is 0 Å². The lowest BCUT2D eigenvalue weighted by Gasteiger charge is -2.09. The van der Waals surface area contributed by atoms with E-state index in [-0.39, 0.29) is 16.8 Å². The zero-order chi connectivity index (χ0) is 14.7. The van der Waals surface area contributed by atoms with Crippen molar-refractivity contribution in [2.24, 2.45) is 5.73 Å². The first-order valence-electron chi connectivity index (χ1n) is 5.94. The largest absolute Gasteiger partial charge is 0.456 e. The smallest absolute Gasteiger partial charge is 0.271 e. The van der Waals surface area contributed by atoms with E-state index in [4.69, 9.17) is 22.1 Å². The molecule has 0 fully saturated rings. The molecule has 5 nitrogen and oxygen atoms in total. The number of benzene rings is 2. The lowest BCUT2D eigenvalue weighted by atomic mass is 10.1. The average Bonchev–Trinajstić information content (AvgIpc) is 2.41. The number of hydrogen-bond acceptors (Lipinski definition) is 4. The number of nitro groups is 1. The number of nitrogens with zero attached hydrogens (tertiary/aromatic N) is 1. The first kappa shape index (κ1) is 14.3. The molecule has 2 rings (SSSR count). The number of hydrogen-bond donors (Lipinski definition) is 1. The molecule has 6 heteroatoms. The van der Waals surface area contributed by atoms with Gasteiger partial charge in [0.1, 0.15) is 11.5 Å². The van der Waals surface area contributed by atoms with Crippen molar-refractivity contribution >= 4 is 17.3 Å². The second-order valence-electron chi connectivity index (χ2n) is 4.33. The highest BCUT2D eigenvalue weighted by atomic mass is 35.5. The monoisotopic (exact) mass is 292 g/mol. The van der Waals surface area contributed by atoms with Gasteiger partial charge < -0.3 is 10.5 Å². The van der Waals surface area contributed by atoms with Crippen LogP contribution in [-0.4, -0.2) is 4.92 Å². The molecule has 20 heavy (non-hydrogen) atoms. The van der Waals surface area contributed by atoms with Gasteiger partial charge in [0.05, 0.1) is 9.95 Å². The van der Waals surface area contributed by atoms with Crippen molar-refractivity contribution in [2.75, 3.05) is 0 Å². The average molecular weight is 293 g/mol. The summed E-state index contributed by atoms with van der Waals surface area (Å²) in [5.41, 5.74) is 6.68. The number of nitrogens with two attached hydrogens (primary N) is 1. The van der Waals surface area contributed by atoms with Gasteiger partial charge in [0, 0.05) is 18.2 Å². The summed E-state index contributed by atoms with van der Waals surface area (Å²) in [6, 6.07) is 11.3. The van der Waals surface area contributed by atoms with Crippen LogP contribution in [-0.2, 0) is 0 Å². The molecule has 1 unspecified atom stereocenters. The van der Waals surface area contributed by atoms with Crippen LogP contribution in [0, 0.1) is 10.1 Å². The summed E-state index contributed by atoms with van der Waals surface area (Å²) in [7, 11) is 0. The minimum atomic E-state index is -0.507. The molecule has 2 aromatic carbocycles. The first-order chi connectivity index (χ1) is 9.47. The minimum absolute atomic E-state index is 0.0491. The first-order valence-corrected chi connectivity index (χ1v) is 6.32. The zero-order valence-corrected chi connectivity index (χ0v) is 11.5. The fourth-order valence-electron chi connectivity index (χ4n) is 1.65. The standard InChI is InChI=1S/C14H13ClN2O3/c1-9(16)10-2-5-12(6-3-10)20-14-7-4-11(17(18)19)8-13(14)15/h2-9H,16H2,1H3. The van der Waals surface area contributed by atoms with Gasteiger partial charge in [-0.05, 0) is 30.7 Å². The van der Waals surface area contributed by atoms with E-state index in [9.17, 15) is 10.1 Å². The van der Waals surface area contributed by atoms with Gasteiger partial charge in [-0.2, -0.15) is 0 Å². The van der Waals surface area contributed by atoms with E-state index in [0.717, 1.165) is 5.56 Å². The Hall–Kier alpha value is -2.11. The second kappa shape index (κ2) is 5.90.